The van der Waals surface area contributed by atoms with Gasteiger partial charge in [0, 0.05) is 19.0 Å². The summed E-state index contributed by atoms with van der Waals surface area (Å²) in [7, 11) is 0. The molecule has 0 saturated carbocycles. The zero-order valence-electron chi connectivity index (χ0n) is 12.3. The van der Waals surface area contributed by atoms with Crippen molar-refractivity contribution < 1.29 is 23.8 Å². The Labute approximate surface area is 127 Å². The Morgan fingerprint density at radius 2 is 2.09 bits per heavy atom. The number of hydrogen-bond donors (Lipinski definition) is 1. The van der Waals surface area contributed by atoms with Crippen LogP contribution in [0.1, 0.15) is 18.4 Å². The molecular formula is C16H18FNO4. The lowest BCUT2D eigenvalue weighted by Gasteiger charge is -2.39. The van der Waals surface area contributed by atoms with Crippen LogP contribution in [0.4, 0.5) is 4.39 Å². The minimum Gasteiger partial charge on any atom is -0.481 e. The molecule has 0 radical (unpaired) electrons. The van der Waals surface area contributed by atoms with Gasteiger partial charge in [0.05, 0.1) is 24.5 Å². The van der Waals surface area contributed by atoms with Gasteiger partial charge in [0.2, 0.25) is 5.91 Å². The highest BCUT2D eigenvalue weighted by molar-refractivity contribution is 5.85. The standard InChI is InChI=1S/C16H18FNO4/c1-16(8-22-9-16)15(21)18-6-12(13(7-18)14(19)20)10-3-2-4-11(17)5-10/h2-5,12-13H,6-9H2,1H3,(H,19,20)/t12-,13+/m1/s1. The molecule has 1 aromatic rings. The van der Waals surface area contributed by atoms with Crippen LogP contribution in [0.25, 0.3) is 0 Å². The van der Waals surface area contributed by atoms with Crippen molar-refractivity contribution in [1.82, 2.24) is 4.90 Å². The Morgan fingerprint density at radius 3 is 2.64 bits per heavy atom. The molecule has 2 aliphatic heterocycles. The average molecular weight is 307 g/mol. The molecule has 0 aromatic heterocycles. The second kappa shape index (κ2) is 5.35. The molecule has 118 valence electrons. The third-order valence-corrected chi connectivity index (χ3v) is 4.56. The average Bonchev–Trinajstić information content (AvgIpc) is 2.89. The Balaban J connectivity index is 1.84. The molecule has 0 bridgehead atoms. The summed E-state index contributed by atoms with van der Waals surface area (Å²) in [4.78, 5) is 25.6. The van der Waals surface area contributed by atoms with Crippen molar-refractivity contribution in [3.63, 3.8) is 0 Å². The van der Waals surface area contributed by atoms with Crippen LogP contribution >= 0.6 is 0 Å². The van der Waals surface area contributed by atoms with E-state index in [1.54, 1.807) is 17.0 Å². The highest BCUT2D eigenvalue weighted by Crippen LogP contribution is 2.37. The molecule has 2 aliphatic rings. The van der Waals surface area contributed by atoms with E-state index in [0.29, 0.717) is 25.3 Å². The molecule has 6 heteroatoms. The zero-order valence-corrected chi connectivity index (χ0v) is 12.3. The lowest BCUT2D eigenvalue weighted by molar-refractivity contribution is -0.167. The van der Waals surface area contributed by atoms with Gasteiger partial charge >= 0.3 is 5.97 Å². The molecule has 2 heterocycles. The van der Waals surface area contributed by atoms with Crippen LogP contribution in [-0.4, -0.2) is 48.2 Å². The summed E-state index contributed by atoms with van der Waals surface area (Å²) in [5, 5.41) is 9.43. The summed E-state index contributed by atoms with van der Waals surface area (Å²) in [6.07, 6.45) is 0. The number of hydrogen-bond acceptors (Lipinski definition) is 3. The summed E-state index contributed by atoms with van der Waals surface area (Å²) in [6.45, 7) is 3.01. The summed E-state index contributed by atoms with van der Waals surface area (Å²) in [5.74, 6) is -2.54. The van der Waals surface area contributed by atoms with E-state index in [0.717, 1.165) is 0 Å². The third kappa shape index (κ3) is 2.47. The molecule has 5 nitrogen and oxygen atoms in total. The molecule has 2 saturated heterocycles. The molecule has 3 rings (SSSR count). The van der Waals surface area contributed by atoms with Crippen LogP contribution in [0.3, 0.4) is 0 Å². The third-order valence-electron chi connectivity index (χ3n) is 4.56. The number of halogens is 1. The molecule has 2 atom stereocenters. The molecule has 1 N–H and O–H groups in total. The smallest absolute Gasteiger partial charge is 0.308 e. The maximum absolute atomic E-state index is 13.4. The first-order valence-electron chi connectivity index (χ1n) is 7.26. The van der Waals surface area contributed by atoms with Gasteiger partial charge in [-0.1, -0.05) is 12.1 Å². The van der Waals surface area contributed by atoms with E-state index in [1.165, 1.54) is 12.1 Å². The number of aliphatic carboxylic acids is 1. The summed E-state index contributed by atoms with van der Waals surface area (Å²) >= 11 is 0. The van der Waals surface area contributed by atoms with E-state index in [9.17, 15) is 19.1 Å². The quantitative estimate of drug-likeness (QED) is 0.919. The van der Waals surface area contributed by atoms with E-state index in [-0.39, 0.29) is 18.4 Å². The second-order valence-electron chi connectivity index (χ2n) is 6.37. The van der Waals surface area contributed by atoms with E-state index in [2.05, 4.69) is 0 Å². The van der Waals surface area contributed by atoms with E-state index >= 15 is 0 Å². The summed E-state index contributed by atoms with van der Waals surface area (Å²) in [6, 6.07) is 5.95. The van der Waals surface area contributed by atoms with Gasteiger partial charge in [-0.2, -0.15) is 0 Å². The zero-order chi connectivity index (χ0) is 15.9. The normalized spacial score (nSPS) is 26.5. The molecular weight excluding hydrogens is 289 g/mol. The minimum atomic E-state index is -0.959. The van der Waals surface area contributed by atoms with Gasteiger partial charge in [0.15, 0.2) is 0 Å². The molecule has 0 spiro atoms. The van der Waals surface area contributed by atoms with Crippen molar-refractivity contribution in [1.29, 1.82) is 0 Å². The number of carboxylic acid groups (broad SMARTS) is 1. The monoisotopic (exact) mass is 307 g/mol. The number of benzene rings is 1. The van der Waals surface area contributed by atoms with Crippen molar-refractivity contribution in [3.8, 4) is 0 Å². The van der Waals surface area contributed by atoms with E-state index < -0.39 is 23.1 Å². The van der Waals surface area contributed by atoms with Gasteiger partial charge in [-0.15, -0.1) is 0 Å². The number of carbonyl (C=O) groups is 2. The first-order chi connectivity index (χ1) is 10.4. The fraction of sp³-hybridized carbons (Fsp3) is 0.500. The first-order valence-corrected chi connectivity index (χ1v) is 7.26. The molecule has 1 amide bonds. The SMILES string of the molecule is CC1(C(=O)N2C[C@H](C(=O)O)[C@@H](c3cccc(F)c3)C2)COC1. The van der Waals surface area contributed by atoms with Crippen LogP contribution in [0.15, 0.2) is 24.3 Å². The molecule has 22 heavy (non-hydrogen) atoms. The maximum Gasteiger partial charge on any atom is 0.308 e. The summed E-state index contributed by atoms with van der Waals surface area (Å²) < 4.78 is 18.5. The number of amides is 1. The molecule has 0 aliphatic carbocycles. The minimum absolute atomic E-state index is 0.0797. The highest BCUT2D eigenvalue weighted by Gasteiger charge is 2.48. The van der Waals surface area contributed by atoms with Crippen molar-refractivity contribution in [3.05, 3.63) is 35.6 Å². The fourth-order valence-corrected chi connectivity index (χ4v) is 3.21. The number of ether oxygens (including phenoxy) is 1. The Kier molecular flexibility index (Phi) is 3.64. The van der Waals surface area contributed by atoms with Crippen LogP contribution in [0.2, 0.25) is 0 Å². The Hall–Kier alpha value is -1.95. The van der Waals surface area contributed by atoms with Gasteiger partial charge in [-0.05, 0) is 24.6 Å². The number of carbonyl (C=O) groups excluding carboxylic acids is 1. The number of nitrogens with zero attached hydrogens (tertiary/aromatic N) is 1. The Bertz CT molecular complexity index is 614. The largest absolute Gasteiger partial charge is 0.481 e. The molecule has 2 fully saturated rings. The lowest BCUT2D eigenvalue weighted by atomic mass is 9.87. The van der Waals surface area contributed by atoms with Gasteiger partial charge in [-0.25, -0.2) is 4.39 Å². The topological polar surface area (TPSA) is 66.8 Å². The van der Waals surface area contributed by atoms with E-state index in [4.69, 9.17) is 4.74 Å². The fourth-order valence-electron chi connectivity index (χ4n) is 3.21. The van der Waals surface area contributed by atoms with Gasteiger partial charge in [0.1, 0.15) is 5.82 Å². The first kappa shape index (κ1) is 15.0. The predicted molar refractivity (Wildman–Crippen MR) is 75.8 cm³/mol. The second-order valence-corrected chi connectivity index (χ2v) is 6.37. The van der Waals surface area contributed by atoms with Crippen molar-refractivity contribution in [2.45, 2.75) is 12.8 Å². The van der Waals surface area contributed by atoms with E-state index in [1.807, 2.05) is 6.92 Å². The number of carboxylic acids is 1. The number of likely N-dealkylation sites (tertiary alicyclic amines) is 1. The van der Waals surface area contributed by atoms with Crippen molar-refractivity contribution in [2.75, 3.05) is 26.3 Å². The molecule has 1 aromatic carbocycles. The number of rotatable bonds is 3. The van der Waals surface area contributed by atoms with Crippen LogP contribution < -0.4 is 0 Å². The van der Waals surface area contributed by atoms with Crippen LogP contribution in [-0.2, 0) is 14.3 Å². The Morgan fingerprint density at radius 1 is 1.36 bits per heavy atom. The van der Waals surface area contributed by atoms with Crippen molar-refractivity contribution in [2.24, 2.45) is 11.3 Å². The molecule has 0 unspecified atom stereocenters. The lowest BCUT2D eigenvalue weighted by Crippen LogP contribution is -2.53. The van der Waals surface area contributed by atoms with Gasteiger partial charge in [0.25, 0.3) is 0 Å². The highest BCUT2D eigenvalue weighted by atomic mass is 19.1. The van der Waals surface area contributed by atoms with Gasteiger partial charge in [-0.3, -0.25) is 9.59 Å². The van der Waals surface area contributed by atoms with Crippen LogP contribution in [0.5, 0.6) is 0 Å². The predicted octanol–water partition coefficient (Wildman–Crippen LogP) is 1.49. The van der Waals surface area contributed by atoms with Crippen molar-refractivity contribution >= 4 is 11.9 Å². The summed E-state index contributed by atoms with van der Waals surface area (Å²) in [5.41, 5.74) is 0.0672. The maximum atomic E-state index is 13.4. The van der Waals surface area contributed by atoms with Gasteiger partial charge < -0.3 is 14.7 Å². The van der Waals surface area contributed by atoms with Crippen LogP contribution in [0, 0.1) is 17.2 Å².